The highest BCUT2D eigenvalue weighted by atomic mass is 16.5. The lowest BCUT2D eigenvalue weighted by molar-refractivity contribution is -0.140. The summed E-state index contributed by atoms with van der Waals surface area (Å²) in [4.78, 5) is 11.1. The molecule has 0 bridgehead atoms. The van der Waals surface area contributed by atoms with Crippen molar-refractivity contribution in [3.8, 4) is 11.5 Å². The first-order chi connectivity index (χ1) is 8.67. The normalized spacial score (nSPS) is 10.6. The molecule has 5 heteroatoms. The van der Waals surface area contributed by atoms with E-state index in [0.717, 1.165) is 0 Å². The quantitative estimate of drug-likeness (QED) is 0.843. The van der Waals surface area contributed by atoms with Crippen molar-refractivity contribution in [1.29, 1.82) is 0 Å². The van der Waals surface area contributed by atoms with Crippen molar-refractivity contribution in [3.05, 3.63) is 24.0 Å². The maximum absolute atomic E-state index is 11.1. The van der Waals surface area contributed by atoms with Crippen molar-refractivity contribution in [1.82, 2.24) is 0 Å². The number of fused-ring (bicyclic) bond motifs is 1. The van der Waals surface area contributed by atoms with Gasteiger partial charge in [0.2, 0.25) is 0 Å². The number of esters is 1. The summed E-state index contributed by atoms with van der Waals surface area (Å²) in [6, 6.07) is 3.33. The average Bonchev–Trinajstić information content (AvgIpc) is 2.87. The molecular weight excluding hydrogens is 236 g/mol. The minimum atomic E-state index is -0.319. The van der Waals surface area contributed by atoms with Crippen LogP contribution in [0.2, 0.25) is 0 Å². The molecule has 0 fully saturated rings. The molecule has 0 saturated heterocycles. The zero-order valence-electron chi connectivity index (χ0n) is 10.2. The molecule has 2 aromatic rings. The highest BCUT2D eigenvalue weighted by molar-refractivity contribution is 5.90. The SMILES string of the molecule is COC(=O)CCc1cc(OC)c2occc2c1O. The van der Waals surface area contributed by atoms with E-state index in [0.29, 0.717) is 28.7 Å². The maximum atomic E-state index is 11.1. The number of hydrogen-bond acceptors (Lipinski definition) is 5. The lowest BCUT2D eigenvalue weighted by Gasteiger charge is -2.08. The summed E-state index contributed by atoms with van der Waals surface area (Å²) in [7, 11) is 2.86. The largest absolute Gasteiger partial charge is 0.507 e. The molecule has 0 amide bonds. The molecule has 1 N–H and O–H groups in total. The highest BCUT2D eigenvalue weighted by Gasteiger charge is 2.15. The number of benzene rings is 1. The molecule has 0 unspecified atom stereocenters. The van der Waals surface area contributed by atoms with Crippen LogP contribution in [0.5, 0.6) is 11.5 Å². The van der Waals surface area contributed by atoms with E-state index in [4.69, 9.17) is 9.15 Å². The molecule has 0 spiro atoms. The van der Waals surface area contributed by atoms with E-state index in [1.165, 1.54) is 20.5 Å². The Hall–Kier alpha value is -2.17. The van der Waals surface area contributed by atoms with Crippen LogP contribution in [-0.4, -0.2) is 25.3 Å². The van der Waals surface area contributed by atoms with Gasteiger partial charge in [-0.1, -0.05) is 0 Å². The van der Waals surface area contributed by atoms with Crippen LogP contribution in [0.4, 0.5) is 0 Å². The molecule has 5 nitrogen and oxygen atoms in total. The average molecular weight is 250 g/mol. The lowest BCUT2D eigenvalue weighted by atomic mass is 10.1. The molecule has 0 atom stereocenters. The van der Waals surface area contributed by atoms with Crippen LogP contribution in [0.25, 0.3) is 11.0 Å². The maximum Gasteiger partial charge on any atom is 0.305 e. The van der Waals surface area contributed by atoms with Crippen molar-refractivity contribution in [3.63, 3.8) is 0 Å². The Bertz CT molecular complexity index is 570. The van der Waals surface area contributed by atoms with Gasteiger partial charge in [-0.15, -0.1) is 0 Å². The summed E-state index contributed by atoms with van der Waals surface area (Å²) >= 11 is 0. The molecule has 1 aromatic heterocycles. The number of methoxy groups -OCH3 is 2. The van der Waals surface area contributed by atoms with Crippen LogP contribution in [-0.2, 0) is 16.0 Å². The van der Waals surface area contributed by atoms with E-state index >= 15 is 0 Å². The van der Waals surface area contributed by atoms with Gasteiger partial charge in [-0.25, -0.2) is 0 Å². The Labute approximate surface area is 104 Å². The Morgan fingerprint density at radius 2 is 2.22 bits per heavy atom. The summed E-state index contributed by atoms with van der Waals surface area (Å²) in [5.41, 5.74) is 1.13. The van der Waals surface area contributed by atoms with Crippen LogP contribution in [0.3, 0.4) is 0 Å². The number of ether oxygens (including phenoxy) is 2. The van der Waals surface area contributed by atoms with E-state index in [2.05, 4.69) is 4.74 Å². The van der Waals surface area contributed by atoms with Crippen molar-refractivity contribution in [2.75, 3.05) is 14.2 Å². The molecule has 1 heterocycles. The fraction of sp³-hybridized carbons (Fsp3) is 0.308. The zero-order valence-corrected chi connectivity index (χ0v) is 10.2. The second kappa shape index (κ2) is 5.00. The zero-order chi connectivity index (χ0) is 13.1. The molecule has 96 valence electrons. The molecule has 0 aliphatic rings. The molecule has 0 aliphatic heterocycles. The van der Waals surface area contributed by atoms with Gasteiger partial charge in [-0.05, 0) is 24.1 Å². The van der Waals surface area contributed by atoms with Gasteiger partial charge < -0.3 is 19.0 Å². The van der Waals surface area contributed by atoms with Gasteiger partial charge in [-0.3, -0.25) is 4.79 Å². The third kappa shape index (κ3) is 2.11. The molecule has 2 rings (SSSR count). The Kier molecular flexibility index (Phi) is 3.41. The first-order valence-electron chi connectivity index (χ1n) is 5.50. The Balaban J connectivity index is 2.38. The van der Waals surface area contributed by atoms with Gasteiger partial charge >= 0.3 is 5.97 Å². The Morgan fingerprint density at radius 1 is 1.44 bits per heavy atom. The van der Waals surface area contributed by atoms with E-state index in [1.807, 2.05) is 0 Å². The van der Waals surface area contributed by atoms with Crippen LogP contribution in [0.1, 0.15) is 12.0 Å². The number of phenolic OH excluding ortho intramolecular Hbond substituents is 1. The van der Waals surface area contributed by atoms with E-state index < -0.39 is 0 Å². The summed E-state index contributed by atoms with van der Waals surface area (Å²) in [6.45, 7) is 0. The Morgan fingerprint density at radius 3 is 2.89 bits per heavy atom. The standard InChI is InChI=1S/C13H14O5/c1-16-10-7-8(3-4-11(14)17-2)12(15)9-5-6-18-13(9)10/h5-7,15H,3-4H2,1-2H3. The predicted octanol–water partition coefficient (Wildman–Crippen LogP) is 2.25. The topological polar surface area (TPSA) is 68.9 Å². The number of carbonyl (C=O) groups is 1. The van der Waals surface area contributed by atoms with Gasteiger partial charge in [-0.2, -0.15) is 0 Å². The number of hydrogen-bond donors (Lipinski definition) is 1. The minimum Gasteiger partial charge on any atom is -0.507 e. The van der Waals surface area contributed by atoms with Gasteiger partial charge in [0.15, 0.2) is 11.3 Å². The predicted molar refractivity (Wildman–Crippen MR) is 64.8 cm³/mol. The van der Waals surface area contributed by atoms with Crippen LogP contribution in [0.15, 0.2) is 22.8 Å². The van der Waals surface area contributed by atoms with Crippen molar-refractivity contribution >= 4 is 16.9 Å². The first-order valence-corrected chi connectivity index (χ1v) is 5.50. The summed E-state index contributed by atoms with van der Waals surface area (Å²) in [6.07, 6.45) is 2.07. The van der Waals surface area contributed by atoms with Gasteiger partial charge in [0, 0.05) is 6.42 Å². The van der Waals surface area contributed by atoms with Crippen molar-refractivity contribution in [2.24, 2.45) is 0 Å². The number of phenols is 1. The van der Waals surface area contributed by atoms with Crippen molar-refractivity contribution < 1.29 is 23.8 Å². The lowest BCUT2D eigenvalue weighted by Crippen LogP contribution is -2.02. The van der Waals surface area contributed by atoms with Crippen LogP contribution in [0, 0.1) is 0 Å². The second-order valence-electron chi connectivity index (χ2n) is 3.83. The summed E-state index contributed by atoms with van der Waals surface area (Å²) < 4.78 is 15.0. The summed E-state index contributed by atoms with van der Waals surface area (Å²) in [5.74, 6) is 0.330. The third-order valence-corrected chi connectivity index (χ3v) is 2.80. The van der Waals surface area contributed by atoms with Crippen LogP contribution >= 0.6 is 0 Å². The second-order valence-corrected chi connectivity index (χ2v) is 3.83. The molecule has 1 aromatic carbocycles. The third-order valence-electron chi connectivity index (χ3n) is 2.80. The number of carbonyl (C=O) groups excluding carboxylic acids is 1. The highest BCUT2D eigenvalue weighted by Crippen LogP contribution is 2.37. The van der Waals surface area contributed by atoms with E-state index in [-0.39, 0.29) is 18.1 Å². The fourth-order valence-corrected chi connectivity index (χ4v) is 1.83. The molecular formula is C13H14O5. The fourth-order valence-electron chi connectivity index (χ4n) is 1.83. The number of aromatic hydroxyl groups is 1. The van der Waals surface area contributed by atoms with Gasteiger partial charge in [0.25, 0.3) is 0 Å². The number of furan rings is 1. The molecule has 0 radical (unpaired) electrons. The number of aryl methyl sites for hydroxylation is 1. The molecule has 18 heavy (non-hydrogen) atoms. The monoisotopic (exact) mass is 250 g/mol. The van der Waals surface area contributed by atoms with Gasteiger partial charge in [0.1, 0.15) is 5.75 Å². The van der Waals surface area contributed by atoms with Crippen LogP contribution < -0.4 is 4.74 Å². The van der Waals surface area contributed by atoms with E-state index in [9.17, 15) is 9.90 Å². The van der Waals surface area contributed by atoms with Gasteiger partial charge in [0.05, 0.1) is 25.9 Å². The summed E-state index contributed by atoms with van der Waals surface area (Å²) in [5, 5.41) is 10.7. The molecule has 0 saturated carbocycles. The van der Waals surface area contributed by atoms with E-state index in [1.54, 1.807) is 12.1 Å². The first kappa shape index (κ1) is 12.3. The van der Waals surface area contributed by atoms with Crippen molar-refractivity contribution in [2.45, 2.75) is 12.8 Å². The minimum absolute atomic E-state index is 0.114. The molecule has 0 aliphatic carbocycles. The number of rotatable bonds is 4. The smallest absolute Gasteiger partial charge is 0.305 e.